The molecular formula is C33H27ClFNO6S. The number of hydrogen-bond donors (Lipinski definition) is 2. The predicted molar refractivity (Wildman–Crippen MR) is 160 cm³/mol. The lowest BCUT2D eigenvalue weighted by atomic mass is 9.79. The molecule has 2 aliphatic rings. The largest absolute Gasteiger partial charge is 0.478 e. The number of sulfonamides is 1. The van der Waals surface area contributed by atoms with Gasteiger partial charge in [-0.05, 0) is 47.4 Å². The van der Waals surface area contributed by atoms with Crippen LogP contribution in [-0.2, 0) is 29.9 Å². The molecule has 7 nitrogen and oxygen atoms in total. The Bertz CT molecular complexity index is 1750. The molecule has 2 unspecified atom stereocenters. The monoisotopic (exact) mass is 619 g/mol. The van der Waals surface area contributed by atoms with Crippen LogP contribution < -0.4 is 4.72 Å². The molecular weight excluding hydrogens is 593 g/mol. The molecule has 4 aromatic carbocycles. The predicted octanol–water partition coefficient (Wildman–Crippen LogP) is 6.82. The molecule has 220 valence electrons. The lowest BCUT2D eigenvalue weighted by Gasteiger charge is -2.36. The molecule has 0 radical (unpaired) electrons. The summed E-state index contributed by atoms with van der Waals surface area (Å²) >= 11 is 6.06. The quantitative estimate of drug-likeness (QED) is 0.235. The van der Waals surface area contributed by atoms with Crippen molar-refractivity contribution >= 4 is 33.3 Å². The number of aliphatic carboxylic acids is 1. The Balaban J connectivity index is 1.47. The highest BCUT2D eigenvalue weighted by Crippen LogP contribution is 2.58. The van der Waals surface area contributed by atoms with E-state index in [4.69, 9.17) is 21.1 Å². The Morgan fingerprint density at radius 1 is 0.907 bits per heavy atom. The highest BCUT2D eigenvalue weighted by Gasteiger charge is 2.60. The van der Waals surface area contributed by atoms with Gasteiger partial charge in [-0.25, -0.2) is 17.6 Å². The fraction of sp³-hybridized carbons (Fsp3) is 0.182. The SMILES string of the molecule is O=C(O)C1=CC2(CCC1S(=O)(=O)Nc1ccc(F)cc1Cl)O[C@H](c1ccccc1)C(c1ccccc1)(c1ccccc1)O2. The van der Waals surface area contributed by atoms with Crippen LogP contribution in [0.3, 0.4) is 0 Å². The summed E-state index contributed by atoms with van der Waals surface area (Å²) in [5, 5.41) is 8.66. The molecule has 6 rings (SSSR count). The third-order valence-corrected chi connectivity index (χ3v) is 9.87. The zero-order valence-corrected chi connectivity index (χ0v) is 24.3. The normalized spacial score (nSPS) is 23.1. The first kappa shape index (κ1) is 29.1. The summed E-state index contributed by atoms with van der Waals surface area (Å²) in [7, 11) is -4.33. The van der Waals surface area contributed by atoms with E-state index in [2.05, 4.69) is 4.72 Å². The first-order valence-corrected chi connectivity index (χ1v) is 15.5. The summed E-state index contributed by atoms with van der Waals surface area (Å²) < 4.78 is 56.7. The van der Waals surface area contributed by atoms with E-state index in [-0.39, 0.29) is 23.6 Å². The van der Waals surface area contributed by atoms with Gasteiger partial charge in [-0.15, -0.1) is 0 Å². The number of halogens is 2. The van der Waals surface area contributed by atoms with E-state index in [1.54, 1.807) is 0 Å². The van der Waals surface area contributed by atoms with Crippen LogP contribution in [0, 0.1) is 5.82 Å². The molecule has 1 aliphatic carbocycles. The summed E-state index contributed by atoms with van der Waals surface area (Å²) in [4.78, 5) is 12.6. The van der Waals surface area contributed by atoms with E-state index in [0.29, 0.717) is 0 Å². The minimum Gasteiger partial charge on any atom is -0.478 e. The standard InChI is InChI=1S/C33H27ClFNO6S/c34-27-20-25(35)16-17-28(27)36-43(39,40)29-18-19-32(21-26(29)31(37)38)41-30(22-10-4-1-5-11-22)33(42-32,23-12-6-2-7-13-23)24-14-8-3-9-15-24/h1-17,20-21,29-30,36H,18-19H2,(H,37,38)/t29?,30-,32?/m1/s1. The first-order valence-electron chi connectivity index (χ1n) is 13.6. The molecule has 1 saturated heterocycles. The van der Waals surface area contributed by atoms with Crippen LogP contribution in [0.15, 0.2) is 121 Å². The highest BCUT2D eigenvalue weighted by atomic mass is 35.5. The summed E-state index contributed by atoms with van der Waals surface area (Å²) in [5.41, 5.74) is 0.729. The van der Waals surface area contributed by atoms with Crippen molar-refractivity contribution in [1.82, 2.24) is 0 Å². The molecule has 0 saturated carbocycles. The van der Waals surface area contributed by atoms with E-state index >= 15 is 0 Å². The Morgan fingerprint density at radius 2 is 1.49 bits per heavy atom. The maximum absolute atomic E-state index is 13.6. The molecule has 1 heterocycles. The summed E-state index contributed by atoms with van der Waals surface area (Å²) in [6.45, 7) is 0. The van der Waals surface area contributed by atoms with Crippen LogP contribution in [-0.4, -0.2) is 30.5 Å². The summed E-state index contributed by atoms with van der Waals surface area (Å²) in [6.07, 6.45) is 0.470. The van der Waals surface area contributed by atoms with E-state index in [0.717, 1.165) is 28.8 Å². The molecule has 0 amide bonds. The van der Waals surface area contributed by atoms with Gasteiger partial charge in [0.1, 0.15) is 17.2 Å². The Kier molecular flexibility index (Phi) is 7.60. The van der Waals surface area contributed by atoms with Gasteiger partial charge in [0.2, 0.25) is 10.0 Å². The van der Waals surface area contributed by atoms with Crippen molar-refractivity contribution in [3.05, 3.63) is 148 Å². The van der Waals surface area contributed by atoms with Crippen LogP contribution in [0.2, 0.25) is 5.02 Å². The average molecular weight is 620 g/mol. The molecule has 10 heteroatoms. The van der Waals surface area contributed by atoms with Gasteiger partial charge in [0, 0.05) is 6.42 Å². The van der Waals surface area contributed by atoms with Crippen molar-refractivity contribution in [2.75, 3.05) is 4.72 Å². The van der Waals surface area contributed by atoms with Crippen LogP contribution in [0.4, 0.5) is 10.1 Å². The maximum atomic E-state index is 13.6. The van der Waals surface area contributed by atoms with Crippen molar-refractivity contribution in [3.63, 3.8) is 0 Å². The Morgan fingerprint density at radius 3 is 2.05 bits per heavy atom. The highest BCUT2D eigenvalue weighted by molar-refractivity contribution is 7.93. The second-order valence-corrected chi connectivity index (χ2v) is 12.8. The molecule has 4 aromatic rings. The van der Waals surface area contributed by atoms with Crippen molar-refractivity contribution in [2.24, 2.45) is 0 Å². The number of carboxylic acid groups (broad SMARTS) is 1. The fourth-order valence-electron chi connectivity index (χ4n) is 5.90. The second kappa shape index (κ2) is 11.2. The average Bonchev–Trinajstić information content (AvgIpc) is 3.35. The van der Waals surface area contributed by atoms with Crippen LogP contribution >= 0.6 is 11.6 Å². The van der Waals surface area contributed by atoms with Gasteiger partial charge in [0.25, 0.3) is 0 Å². The van der Waals surface area contributed by atoms with Gasteiger partial charge in [-0.1, -0.05) is 103 Å². The van der Waals surface area contributed by atoms with E-state index in [1.165, 1.54) is 12.1 Å². The number of rotatable bonds is 7. The second-order valence-electron chi connectivity index (χ2n) is 10.5. The van der Waals surface area contributed by atoms with Gasteiger partial charge in [0.05, 0.1) is 16.3 Å². The molecule has 1 fully saturated rings. The summed E-state index contributed by atoms with van der Waals surface area (Å²) in [6, 6.07) is 31.8. The molecule has 0 aromatic heterocycles. The van der Waals surface area contributed by atoms with E-state index in [9.17, 15) is 22.7 Å². The van der Waals surface area contributed by atoms with Crippen LogP contribution in [0.1, 0.15) is 35.6 Å². The molecule has 3 atom stereocenters. The number of nitrogens with one attached hydrogen (secondary N) is 1. The van der Waals surface area contributed by atoms with Crippen molar-refractivity contribution < 1.29 is 32.2 Å². The van der Waals surface area contributed by atoms with Crippen molar-refractivity contribution in [3.8, 4) is 0 Å². The number of carbonyl (C=O) groups is 1. The number of hydrogen-bond acceptors (Lipinski definition) is 5. The molecule has 0 bridgehead atoms. The Hall–Kier alpha value is -4.02. The molecule has 2 N–H and O–H groups in total. The number of carboxylic acids is 1. The first-order chi connectivity index (χ1) is 20.6. The van der Waals surface area contributed by atoms with E-state index in [1.807, 2.05) is 91.0 Å². The Labute approximate surface area is 253 Å². The maximum Gasteiger partial charge on any atom is 0.332 e. The smallest absolute Gasteiger partial charge is 0.332 e. The zero-order valence-electron chi connectivity index (χ0n) is 22.7. The number of ether oxygens (including phenoxy) is 2. The van der Waals surface area contributed by atoms with E-state index < -0.39 is 50.1 Å². The number of anilines is 1. The third-order valence-electron chi connectivity index (χ3n) is 7.81. The van der Waals surface area contributed by atoms with Gasteiger partial charge in [-0.3, -0.25) is 4.72 Å². The van der Waals surface area contributed by atoms with Crippen LogP contribution in [0.5, 0.6) is 0 Å². The van der Waals surface area contributed by atoms with Gasteiger partial charge in [-0.2, -0.15) is 0 Å². The van der Waals surface area contributed by atoms with Gasteiger partial charge in [0.15, 0.2) is 11.4 Å². The molecule has 1 aliphatic heterocycles. The molecule has 1 spiro atoms. The van der Waals surface area contributed by atoms with Crippen molar-refractivity contribution in [1.29, 1.82) is 0 Å². The lowest BCUT2D eigenvalue weighted by molar-refractivity contribution is -0.159. The third kappa shape index (κ3) is 5.34. The van der Waals surface area contributed by atoms with Crippen LogP contribution in [0.25, 0.3) is 0 Å². The minimum absolute atomic E-state index is 0.0389. The van der Waals surface area contributed by atoms with Crippen molar-refractivity contribution in [2.45, 2.75) is 35.6 Å². The topological polar surface area (TPSA) is 102 Å². The lowest BCUT2D eigenvalue weighted by Crippen LogP contribution is -2.43. The van der Waals surface area contributed by atoms with Gasteiger partial charge < -0.3 is 14.6 Å². The van der Waals surface area contributed by atoms with Gasteiger partial charge >= 0.3 is 5.97 Å². The minimum atomic E-state index is -4.33. The zero-order chi connectivity index (χ0) is 30.2. The fourth-order valence-corrected chi connectivity index (χ4v) is 7.73. The molecule has 43 heavy (non-hydrogen) atoms. The summed E-state index contributed by atoms with van der Waals surface area (Å²) in [5.74, 6) is -3.64. The number of benzene rings is 4.